The normalized spacial score (nSPS) is 17.5. The third-order valence-corrected chi connectivity index (χ3v) is 12.6. The summed E-state index contributed by atoms with van der Waals surface area (Å²) in [6, 6.07) is 0. The van der Waals surface area contributed by atoms with Gasteiger partial charge < -0.3 is 0 Å². The van der Waals surface area contributed by atoms with Gasteiger partial charge in [0.25, 0.3) is 0 Å². The van der Waals surface area contributed by atoms with E-state index < -0.39 is 7.05 Å². The summed E-state index contributed by atoms with van der Waals surface area (Å²) in [6.07, 6.45) is 30.7. The van der Waals surface area contributed by atoms with Crippen LogP contribution in [0, 0.1) is 0 Å². The van der Waals surface area contributed by atoms with Gasteiger partial charge in [-0.05, 0) is 62.7 Å². The van der Waals surface area contributed by atoms with Crippen molar-refractivity contribution in [3.8, 4) is 0 Å². The average Bonchev–Trinajstić information content (AvgIpc) is 3.34. The van der Waals surface area contributed by atoms with Crippen molar-refractivity contribution in [2.75, 3.05) is 0 Å². The molecule has 1 aliphatic carbocycles. The van der Waals surface area contributed by atoms with Gasteiger partial charge in [-0.25, -0.2) is 0 Å². The van der Waals surface area contributed by atoms with Crippen LogP contribution in [0.3, 0.4) is 0 Å². The van der Waals surface area contributed by atoms with Crippen LogP contribution >= 0.6 is 7.05 Å². The minimum Gasteiger partial charge on any atom is -0.271 e. The molecule has 0 aromatic carbocycles. The van der Waals surface area contributed by atoms with Crippen LogP contribution in [0.15, 0.2) is 53.0 Å². The second-order valence-corrected chi connectivity index (χ2v) is 14.3. The molecule has 3 heteroatoms. The first-order valence-corrected chi connectivity index (χ1v) is 16.1. The predicted octanol–water partition coefficient (Wildman–Crippen LogP) is 11.7. The summed E-state index contributed by atoms with van der Waals surface area (Å²) < 4.78 is 5.68. The summed E-state index contributed by atoms with van der Waals surface area (Å²) >= 11 is 0. The Labute approximate surface area is 230 Å². The molecule has 0 bridgehead atoms. The molecule has 0 fully saturated rings. The molecule has 196 valence electrons. The fourth-order valence-electron chi connectivity index (χ4n) is 4.90. The first kappa shape index (κ1) is 36.1. The molecule has 0 aliphatic heterocycles. The topological polar surface area (TPSA) is 12.4 Å². The smallest absolute Gasteiger partial charge is 0.0425 e. The first-order valence-electron chi connectivity index (χ1n) is 14.2. The minimum atomic E-state index is -1.39. The molecule has 34 heavy (non-hydrogen) atoms. The van der Waals surface area contributed by atoms with Crippen molar-refractivity contribution < 1.29 is 21.7 Å². The van der Waals surface area contributed by atoms with E-state index in [1.54, 1.807) is 0 Å². The number of allylic oxidation sites excluding steroid dienone is 7. The second-order valence-electron chi connectivity index (χ2n) is 9.90. The fraction of sp³-hybridized carbons (Fsp3) is 0.742. The largest absolute Gasteiger partial charge is 0.271 e. The van der Waals surface area contributed by atoms with Crippen molar-refractivity contribution in [3.63, 3.8) is 0 Å². The van der Waals surface area contributed by atoms with E-state index in [2.05, 4.69) is 84.9 Å². The van der Waals surface area contributed by atoms with Gasteiger partial charge in [-0.1, -0.05) is 130 Å². The third-order valence-electron chi connectivity index (χ3n) is 6.99. The molecular weight excluding hydrogens is 465 g/mol. The van der Waals surface area contributed by atoms with E-state index in [4.69, 9.17) is 4.74 Å². The van der Waals surface area contributed by atoms with Crippen LogP contribution < -0.4 is 0 Å². The number of rotatable bonds is 16. The molecule has 0 heterocycles. The summed E-state index contributed by atoms with van der Waals surface area (Å²) in [7, 11) is -1.39. The molecule has 1 nitrogen and oxygen atoms in total. The van der Waals surface area contributed by atoms with Crippen LogP contribution in [0.2, 0.25) is 0 Å². The monoisotopic (exact) mass is 523 g/mol. The summed E-state index contributed by atoms with van der Waals surface area (Å²) in [5.74, 6) is 0. The predicted molar refractivity (Wildman–Crippen MR) is 157 cm³/mol. The average molecular weight is 524 g/mol. The van der Waals surface area contributed by atoms with Gasteiger partial charge in [0, 0.05) is 33.8 Å². The molecule has 0 N–H and O–H groups in total. The standard InChI is InChI=1S/C23H44NP.C8H14.Ti/c1-7-10-15-20(4)25(21(5)16-11-8-2,22(6)17-12-9-3)24-23-18-13-14-19-23;1-3-5-7-8-6-4-2;/h13-14,18,20-22H,7-12,15-17,19H2,1-6H3;3,5,7-8H,4,6H2,1-2H3;. The van der Waals surface area contributed by atoms with Crippen LogP contribution in [-0.2, 0) is 21.7 Å². The van der Waals surface area contributed by atoms with Gasteiger partial charge in [-0.3, -0.25) is 4.74 Å². The molecule has 1 rings (SSSR count). The van der Waals surface area contributed by atoms with Crippen molar-refractivity contribution >= 4 is 7.05 Å². The van der Waals surface area contributed by atoms with Crippen molar-refractivity contribution in [1.29, 1.82) is 0 Å². The van der Waals surface area contributed by atoms with Gasteiger partial charge in [-0.15, -0.1) is 0 Å². The fourth-order valence-corrected chi connectivity index (χ4v) is 10.5. The van der Waals surface area contributed by atoms with Crippen LogP contribution in [0.5, 0.6) is 0 Å². The molecule has 0 saturated carbocycles. The van der Waals surface area contributed by atoms with Crippen molar-refractivity contribution in [3.05, 3.63) is 48.2 Å². The SMILES string of the molecule is CC=CC=CCCC.CCCCC(C)P(=NC1=CC=CC1)(C(C)CCCC)C(C)CCCC.[Ti]. The first-order chi connectivity index (χ1) is 15.9. The van der Waals surface area contributed by atoms with Gasteiger partial charge in [0.2, 0.25) is 0 Å². The Morgan fingerprint density at radius 1 is 0.824 bits per heavy atom. The molecule has 0 aromatic rings. The molecular formula is C31H58NPTi. The molecule has 0 radical (unpaired) electrons. The third kappa shape index (κ3) is 13.9. The van der Waals surface area contributed by atoms with Gasteiger partial charge in [0.15, 0.2) is 0 Å². The van der Waals surface area contributed by atoms with E-state index in [0.29, 0.717) is 0 Å². The quantitative estimate of drug-likeness (QED) is 0.108. The summed E-state index contributed by atoms with van der Waals surface area (Å²) in [6.45, 7) is 18.8. The van der Waals surface area contributed by atoms with E-state index in [0.717, 1.165) is 23.4 Å². The number of hydrogen-bond acceptors (Lipinski definition) is 1. The summed E-state index contributed by atoms with van der Waals surface area (Å²) in [4.78, 5) is 0. The summed E-state index contributed by atoms with van der Waals surface area (Å²) in [5.41, 5.74) is 3.68. The van der Waals surface area contributed by atoms with E-state index >= 15 is 0 Å². The molecule has 0 amide bonds. The molecule has 0 aromatic heterocycles. The Hall–Kier alpha value is -0.0957. The van der Waals surface area contributed by atoms with Crippen LogP contribution in [0.1, 0.15) is 132 Å². The zero-order valence-corrected chi connectivity index (χ0v) is 26.6. The zero-order valence-electron chi connectivity index (χ0n) is 24.2. The maximum atomic E-state index is 5.68. The molecule has 0 spiro atoms. The molecule has 3 unspecified atom stereocenters. The Kier molecular flexibility index (Phi) is 24.7. The Morgan fingerprint density at radius 3 is 1.68 bits per heavy atom. The van der Waals surface area contributed by atoms with Gasteiger partial charge in [0.1, 0.15) is 0 Å². The Bertz CT molecular complexity index is 601. The van der Waals surface area contributed by atoms with Gasteiger partial charge in [-0.2, -0.15) is 0 Å². The van der Waals surface area contributed by atoms with E-state index in [1.165, 1.54) is 76.3 Å². The maximum Gasteiger partial charge on any atom is 0.0425 e. The zero-order chi connectivity index (χ0) is 25.0. The summed E-state index contributed by atoms with van der Waals surface area (Å²) in [5, 5.41) is 0. The van der Waals surface area contributed by atoms with E-state index in [9.17, 15) is 0 Å². The second kappa shape index (κ2) is 23.3. The van der Waals surface area contributed by atoms with Crippen LogP contribution in [0.4, 0.5) is 0 Å². The number of nitrogens with zero attached hydrogens (tertiary/aromatic N) is 1. The van der Waals surface area contributed by atoms with Crippen molar-refractivity contribution in [1.82, 2.24) is 0 Å². The number of hydrogen-bond donors (Lipinski definition) is 0. The van der Waals surface area contributed by atoms with E-state index in [-0.39, 0.29) is 21.7 Å². The van der Waals surface area contributed by atoms with E-state index in [1.807, 2.05) is 13.0 Å². The van der Waals surface area contributed by atoms with Gasteiger partial charge >= 0.3 is 0 Å². The maximum absolute atomic E-state index is 5.68. The molecule has 1 aliphatic rings. The van der Waals surface area contributed by atoms with Crippen molar-refractivity contribution in [2.45, 2.75) is 149 Å². The molecule has 3 atom stereocenters. The Balaban J connectivity index is 0. The van der Waals surface area contributed by atoms with Gasteiger partial charge in [0.05, 0.1) is 0 Å². The molecule has 0 saturated heterocycles. The van der Waals surface area contributed by atoms with Crippen LogP contribution in [-0.4, -0.2) is 17.0 Å². The van der Waals surface area contributed by atoms with Crippen LogP contribution in [0.25, 0.3) is 0 Å². The Morgan fingerprint density at radius 2 is 1.32 bits per heavy atom. The minimum absolute atomic E-state index is 0. The number of unbranched alkanes of at least 4 members (excludes halogenated alkanes) is 4. The van der Waals surface area contributed by atoms with Crippen molar-refractivity contribution in [2.24, 2.45) is 4.74 Å².